The van der Waals surface area contributed by atoms with Gasteiger partial charge in [-0.3, -0.25) is 15.0 Å². The summed E-state index contributed by atoms with van der Waals surface area (Å²) in [5.41, 5.74) is 2.62. The molecule has 2 aromatic carbocycles. The van der Waals surface area contributed by atoms with Crippen molar-refractivity contribution in [3.8, 4) is 17.2 Å². The standard InChI is InChI=1S/C25H30N4O4/c1-26(2)16-13-22-25(29(31)32)20-11-12-23(30)21(17-27-14-5-4-6-15-27)24(20)28(22)18-7-9-19(33-3)10-8-18/h7-13,16,30H,4-6,14-15,17H2,1-3H3/b16-13+. The number of rotatable bonds is 7. The normalized spacial score (nSPS) is 14.8. The van der Waals surface area contributed by atoms with Crippen LogP contribution in [0.5, 0.6) is 11.5 Å². The highest BCUT2D eigenvalue weighted by molar-refractivity contribution is 5.99. The Kier molecular flexibility index (Phi) is 6.55. The molecule has 2 heterocycles. The fourth-order valence-corrected chi connectivity index (χ4v) is 4.50. The lowest BCUT2D eigenvalue weighted by molar-refractivity contribution is -0.383. The Labute approximate surface area is 193 Å². The average molecular weight is 451 g/mol. The second-order valence-electron chi connectivity index (χ2n) is 8.60. The second-order valence-corrected chi connectivity index (χ2v) is 8.60. The Balaban J connectivity index is 2.03. The van der Waals surface area contributed by atoms with Crippen LogP contribution in [0.3, 0.4) is 0 Å². The molecule has 8 nitrogen and oxygen atoms in total. The second kappa shape index (κ2) is 9.54. The first-order chi connectivity index (χ1) is 15.9. The predicted octanol–water partition coefficient (Wildman–Crippen LogP) is 4.77. The summed E-state index contributed by atoms with van der Waals surface area (Å²) in [5.74, 6) is 0.852. The lowest BCUT2D eigenvalue weighted by Crippen LogP contribution is -2.29. The van der Waals surface area contributed by atoms with Crippen LogP contribution in [0.1, 0.15) is 30.5 Å². The van der Waals surface area contributed by atoms with Gasteiger partial charge in [-0.15, -0.1) is 0 Å². The molecule has 8 heteroatoms. The van der Waals surface area contributed by atoms with E-state index in [1.807, 2.05) is 47.8 Å². The number of likely N-dealkylation sites (tertiary alicyclic amines) is 1. The summed E-state index contributed by atoms with van der Waals surface area (Å²) in [7, 11) is 5.34. The van der Waals surface area contributed by atoms with Crippen molar-refractivity contribution in [3.63, 3.8) is 0 Å². The number of ether oxygens (including phenoxy) is 1. The number of piperidine rings is 1. The smallest absolute Gasteiger partial charge is 0.302 e. The summed E-state index contributed by atoms with van der Waals surface area (Å²) in [6, 6.07) is 10.6. The zero-order chi connectivity index (χ0) is 23.5. The summed E-state index contributed by atoms with van der Waals surface area (Å²) in [5, 5.41) is 23.7. The van der Waals surface area contributed by atoms with Crippen LogP contribution in [0.4, 0.5) is 5.69 Å². The minimum Gasteiger partial charge on any atom is -0.508 e. The van der Waals surface area contributed by atoms with Crippen molar-refractivity contribution in [2.75, 3.05) is 34.3 Å². The number of benzene rings is 2. The molecule has 0 amide bonds. The molecule has 0 aliphatic carbocycles. The molecule has 1 saturated heterocycles. The number of hydrogen-bond acceptors (Lipinski definition) is 6. The molecule has 1 aliphatic heterocycles. The first-order valence-corrected chi connectivity index (χ1v) is 11.2. The molecule has 1 N–H and O–H groups in total. The number of aromatic nitrogens is 1. The molecule has 0 atom stereocenters. The van der Waals surface area contributed by atoms with E-state index >= 15 is 0 Å². The maximum absolute atomic E-state index is 12.3. The van der Waals surface area contributed by atoms with Gasteiger partial charge in [0.25, 0.3) is 0 Å². The summed E-state index contributed by atoms with van der Waals surface area (Å²) in [6.07, 6.45) is 7.00. The Hall–Kier alpha value is -3.52. The number of phenolic OH excluding ortho intramolecular Hbond substituents is 1. The largest absolute Gasteiger partial charge is 0.508 e. The van der Waals surface area contributed by atoms with Gasteiger partial charge in [0.05, 0.1) is 22.9 Å². The molecular weight excluding hydrogens is 420 g/mol. The van der Waals surface area contributed by atoms with Gasteiger partial charge in [-0.25, -0.2) is 0 Å². The zero-order valence-corrected chi connectivity index (χ0v) is 19.3. The first kappa shape index (κ1) is 22.7. The molecule has 0 spiro atoms. The molecule has 33 heavy (non-hydrogen) atoms. The Morgan fingerprint density at radius 1 is 1.12 bits per heavy atom. The minimum atomic E-state index is -0.334. The van der Waals surface area contributed by atoms with Gasteiger partial charge in [0.1, 0.15) is 17.2 Å². The molecule has 0 unspecified atom stereocenters. The Morgan fingerprint density at radius 2 is 1.82 bits per heavy atom. The van der Waals surface area contributed by atoms with Gasteiger partial charge in [-0.1, -0.05) is 6.42 Å². The molecule has 0 radical (unpaired) electrons. The molecule has 174 valence electrons. The van der Waals surface area contributed by atoms with Gasteiger partial charge in [-0.05, 0) is 68.4 Å². The summed E-state index contributed by atoms with van der Waals surface area (Å²) >= 11 is 0. The fraction of sp³-hybridized carbons (Fsp3) is 0.360. The Morgan fingerprint density at radius 3 is 2.42 bits per heavy atom. The molecule has 0 saturated carbocycles. The molecule has 0 bridgehead atoms. The maximum atomic E-state index is 12.3. The topological polar surface area (TPSA) is 84.0 Å². The van der Waals surface area contributed by atoms with Crippen molar-refractivity contribution < 1.29 is 14.8 Å². The summed E-state index contributed by atoms with van der Waals surface area (Å²) in [6.45, 7) is 2.44. The molecular formula is C25H30N4O4. The van der Waals surface area contributed by atoms with Crippen molar-refractivity contribution in [2.24, 2.45) is 0 Å². The van der Waals surface area contributed by atoms with E-state index < -0.39 is 0 Å². The third kappa shape index (κ3) is 4.52. The highest BCUT2D eigenvalue weighted by Gasteiger charge is 2.29. The fourth-order valence-electron chi connectivity index (χ4n) is 4.50. The number of methoxy groups -OCH3 is 1. The van der Waals surface area contributed by atoms with Crippen LogP contribution in [0.2, 0.25) is 0 Å². The molecule has 1 aromatic heterocycles. The van der Waals surface area contributed by atoms with Crippen molar-refractivity contribution in [2.45, 2.75) is 25.8 Å². The van der Waals surface area contributed by atoms with Crippen LogP contribution < -0.4 is 4.74 Å². The molecule has 1 fully saturated rings. The van der Waals surface area contributed by atoms with Gasteiger partial charge in [0.2, 0.25) is 0 Å². The van der Waals surface area contributed by atoms with Crippen molar-refractivity contribution in [1.29, 1.82) is 0 Å². The van der Waals surface area contributed by atoms with Crippen molar-refractivity contribution >= 4 is 22.7 Å². The van der Waals surface area contributed by atoms with Crippen LogP contribution in [0.25, 0.3) is 22.7 Å². The highest BCUT2D eigenvalue weighted by atomic mass is 16.6. The lowest BCUT2D eigenvalue weighted by Gasteiger charge is -2.27. The molecule has 3 aromatic rings. The van der Waals surface area contributed by atoms with E-state index in [0.717, 1.165) is 31.6 Å². The quantitative estimate of drug-likeness (QED) is 0.412. The van der Waals surface area contributed by atoms with Crippen LogP contribution in [-0.4, -0.2) is 58.7 Å². The first-order valence-electron chi connectivity index (χ1n) is 11.2. The Bertz CT molecular complexity index is 1180. The summed E-state index contributed by atoms with van der Waals surface area (Å²) in [4.78, 5) is 16.1. The number of hydrogen-bond donors (Lipinski definition) is 1. The van der Waals surface area contributed by atoms with Gasteiger partial charge in [0.15, 0.2) is 0 Å². The highest BCUT2D eigenvalue weighted by Crippen LogP contribution is 2.41. The van der Waals surface area contributed by atoms with Crippen LogP contribution in [0.15, 0.2) is 42.6 Å². The third-order valence-electron chi connectivity index (χ3n) is 6.09. The SMILES string of the molecule is COc1ccc(-n2c(/C=C/N(C)C)c([N+](=O)[O-])c3ccc(O)c(CN4CCCCC4)c32)cc1. The van der Waals surface area contributed by atoms with E-state index in [9.17, 15) is 15.2 Å². The molecule has 1 aliphatic rings. The predicted molar refractivity (Wildman–Crippen MR) is 130 cm³/mol. The number of phenols is 1. The monoisotopic (exact) mass is 450 g/mol. The number of aromatic hydroxyl groups is 1. The number of nitrogens with zero attached hydrogens (tertiary/aromatic N) is 4. The van der Waals surface area contributed by atoms with Crippen LogP contribution >= 0.6 is 0 Å². The minimum absolute atomic E-state index is 0.0267. The molecule has 4 rings (SSSR count). The van der Waals surface area contributed by atoms with Gasteiger partial charge in [-0.2, -0.15) is 0 Å². The zero-order valence-electron chi connectivity index (χ0n) is 19.3. The van der Waals surface area contributed by atoms with Gasteiger partial charge < -0.3 is 19.3 Å². The number of nitro groups is 1. The van der Waals surface area contributed by atoms with Crippen molar-refractivity contribution in [1.82, 2.24) is 14.4 Å². The lowest BCUT2D eigenvalue weighted by atomic mass is 10.1. The average Bonchev–Trinajstić information content (AvgIpc) is 3.15. The van der Waals surface area contributed by atoms with E-state index in [2.05, 4.69) is 4.90 Å². The van der Waals surface area contributed by atoms with Gasteiger partial charge >= 0.3 is 5.69 Å². The van der Waals surface area contributed by atoms with E-state index in [4.69, 9.17) is 4.74 Å². The van der Waals surface area contributed by atoms with Crippen LogP contribution in [-0.2, 0) is 6.54 Å². The van der Waals surface area contributed by atoms with Crippen molar-refractivity contribution in [3.05, 3.63) is 64.0 Å². The maximum Gasteiger partial charge on any atom is 0.302 e. The third-order valence-corrected chi connectivity index (χ3v) is 6.09. The van der Waals surface area contributed by atoms with Gasteiger partial charge in [0, 0.05) is 38.1 Å². The number of fused-ring (bicyclic) bond motifs is 1. The summed E-state index contributed by atoms with van der Waals surface area (Å²) < 4.78 is 7.18. The van der Waals surface area contributed by atoms with E-state index in [0.29, 0.717) is 34.5 Å². The van der Waals surface area contributed by atoms with E-state index in [1.54, 1.807) is 31.5 Å². The van der Waals surface area contributed by atoms with E-state index in [1.165, 1.54) is 6.42 Å². The van der Waals surface area contributed by atoms with E-state index in [-0.39, 0.29) is 16.4 Å². The van der Waals surface area contributed by atoms with Crippen LogP contribution in [0, 0.1) is 10.1 Å².